The van der Waals surface area contributed by atoms with E-state index in [1.54, 1.807) is 19.0 Å². The van der Waals surface area contributed by atoms with E-state index in [1.807, 2.05) is 27.7 Å². The number of carbonyl (C=O) groups is 1. The quantitative estimate of drug-likeness (QED) is 0.560. The highest BCUT2D eigenvalue weighted by atomic mass is 16.7. The molecule has 0 amide bonds. The Hall–Kier alpha value is -0.805. The third kappa shape index (κ3) is 3.58. The Morgan fingerprint density at radius 1 is 1.24 bits per heavy atom. The molecule has 0 radical (unpaired) electrons. The lowest BCUT2D eigenvalue weighted by Gasteiger charge is -2.32. The molecular weight excluding hydrogens is 219 g/mol. The zero-order chi connectivity index (χ0) is 13.3. The Labute approximate surface area is 103 Å². The molecule has 0 aliphatic carbocycles. The van der Waals surface area contributed by atoms with Gasteiger partial charge in [0, 0.05) is 6.92 Å². The summed E-state index contributed by atoms with van der Waals surface area (Å²) in [6.07, 6.45) is 1.50. The van der Waals surface area contributed by atoms with Gasteiger partial charge in [-0.2, -0.15) is 0 Å². The summed E-state index contributed by atoms with van der Waals surface area (Å²) in [5, 5.41) is 0. The number of ether oxygens (including phenoxy) is 1. The van der Waals surface area contributed by atoms with Crippen LogP contribution >= 0.6 is 0 Å². The van der Waals surface area contributed by atoms with E-state index in [-0.39, 0.29) is 23.3 Å². The molecular formula is C12H21BO4. The summed E-state index contributed by atoms with van der Waals surface area (Å²) in [5.74, 6) is 1.49. The van der Waals surface area contributed by atoms with Gasteiger partial charge in [0.2, 0.25) is 0 Å². The second-order valence-electron chi connectivity index (χ2n) is 5.32. The first kappa shape index (κ1) is 14.3. The van der Waals surface area contributed by atoms with Crippen LogP contribution in [0.25, 0.3) is 0 Å². The van der Waals surface area contributed by atoms with Crippen molar-refractivity contribution in [2.45, 2.75) is 58.8 Å². The van der Waals surface area contributed by atoms with Crippen molar-refractivity contribution in [3.63, 3.8) is 0 Å². The van der Waals surface area contributed by atoms with E-state index in [2.05, 4.69) is 0 Å². The largest absolute Gasteiger partial charge is 0.486 e. The van der Waals surface area contributed by atoms with E-state index in [0.717, 1.165) is 0 Å². The Bertz CT molecular complexity index is 306. The van der Waals surface area contributed by atoms with Crippen LogP contribution in [0.3, 0.4) is 0 Å². The highest BCUT2D eigenvalue weighted by Crippen LogP contribution is 2.36. The second kappa shape index (κ2) is 4.82. The van der Waals surface area contributed by atoms with Crippen molar-refractivity contribution in [1.29, 1.82) is 0 Å². The minimum absolute atomic E-state index is 0.272. The predicted octanol–water partition coefficient (Wildman–Crippen LogP) is 2.13. The molecule has 1 aliphatic heterocycles. The van der Waals surface area contributed by atoms with E-state index in [1.165, 1.54) is 6.92 Å². The molecule has 1 fully saturated rings. The minimum atomic E-state index is -0.391. The van der Waals surface area contributed by atoms with Gasteiger partial charge in [0.15, 0.2) is 0 Å². The highest BCUT2D eigenvalue weighted by molar-refractivity contribution is 6.51. The zero-order valence-electron chi connectivity index (χ0n) is 11.4. The fourth-order valence-corrected chi connectivity index (χ4v) is 1.52. The Kier molecular flexibility index (Phi) is 4.04. The molecule has 17 heavy (non-hydrogen) atoms. The van der Waals surface area contributed by atoms with Gasteiger partial charge >= 0.3 is 13.1 Å². The number of rotatable bonds is 3. The van der Waals surface area contributed by atoms with Crippen molar-refractivity contribution in [2.24, 2.45) is 0 Å². The summed E-state index contributed by atoms with van der Waals surface area (Å²) < 4.78 is 16.5. The average Bonchev–Trinajstić information content (AvgIpc) is 2.31. The Morgan fingerprint density at radius 3 is 2.12 bits per heavy atom. The third-order valence-electron chi connectivity index (χ3n) is 3.16. The summed E-state index contributed by atoms with van der Waals surface area (Å²) in [4.78, 5) is 10.7. The van der Waals surface area contributed by atoms with E-state index in [4.69, 9.17) is 14.0 Å². The maximum absolute atomic E-state index is 10.7. The van der Waals surface area contributed by atoms with Crippen LogP contribution < -0.4 is 0 Å². The first-order chi connectivity index (χ1) is 7.64. The molecule has 0 aromatic rings. The summed E-state index contributed by atoms with van der Waals surface area (Å²) in [6.45, 7) is 11.2. The fraction of sp³-hybridized carbons (Fsp3) is 0.750. The molecule has 0 N–H and O–H groups in total. The van der Waals surface area contributed by atoms with Crippen LogP contribution in [0.1, 0.15) is 41.5 Å². The first-order valence-corrected chi connectivity index (χ1v) is 5.85. The summed E-state index contributed by atoms with van der Waals surface area (Å²) in [6, 6.07) is 0. The molecule has 0 saturated carbocycles. The molecule has 96 valence electrons. The number of hydrogen-bond donors (Lipinski definition) is 0. The molecule has 5 heteroatoms. The lowest BCUT2D eigenvalue weighted by Crippen LogP contribution is -2.41. The lowest BCUT2D eigenvalue weighted by molar-refractivity contribution is -0.143. The predicted molar refractivity (Wildman–Crippen MR) is 66.5 cm³/mol. The van der Waals surface area contributed by atoms with Crippen molar-refractivity contribution in [3.8, 4) is 0 Å². The summed E-state index contributed by atoms with van der Waals surface area (Å²) in [7, 11) is -0.391. The van der Waals surface area contributed by atoms with E-state index in [9.17, 15) is 4.79 Å². The number of carbonyl (C=O) groups excluding carboxylic acids is 1. The second-order valence-corrected chi connectivity index (χ2v) is 5.32. The highest BCUT2D eigenvalue weighted by Gasteiger charge is 2.50. The van der Waals surface area contributed by atoms with E-state index in [0.29, 0.717) is 0 Å². The standard InChI is InChI=1S/C12H21BO4/c1-9(15-10(2)14)7-8-13-16-11(3,4)12(5,6)17-13/h7-9H,1-6H3/b8-7+. The first-order valence-electron chi connectivity index (χ1n) is 5.85. The Morgan fingerprint density at radius 2 is 1.71 bits per heavy atom. The van der Waals surface area contributed by atoms with Gasteiger partial charge < -0.3 is 14.0 Å². The van der Waals surface area contributed by atoms with Crippen LogP contribution in [0.15, 0.2) is 12.1 Å². The number of esters is 1. The minimum Gasteiger partial charge on any atom is -0.459 e. The number of hydrogen-bond acceptors (Lipinski definition) is 4. The van der Waals surface area contributed by atoms with Crippen molar-refractivity contribution in [1.82, 2.24) is 0 Å². The molecule has 0 spiro atoms. The van der Waals surface area contributed by atoms with Crippen LogP contribution in [0.5, 0.6) is 0 Å². The van der Waals surface area contributed by atoms with Gasteiger partial charge in [-0.3, -0.25) is 4.79 Å². The maximum atomic E-state index is 10.7. The van der Waals surface area contributed by atoms with Gasteiger partial charge in [-0.1, -0.05) is 12.1 Å². The van der Waals surface area contributed by atoms with Crippen molar-refractivity contribution < 1.29 is 18.8 Å². The molecule has 1 aliphatic rings. The maximum Gasteiger partial charge on any atom is 0.486 e. The molecule has 0 aromatic carbocycles. The molecule has 4 nitrogen and oxygen atoms in total. The van der Waals surface area contributed by atoms with E-state index < -0.39 is 7.12 Å². The SMILES string of the molecule is CC(=O)OC(C)/C=C/B1OC(C)(C)C(C)(C)O1. The topological polar surface area (TPSA) is 44.8 Å². The van der Waals surface area contributed by atoms with Crippen LogP contribution in [0, 0.1) is 0 Å². The molecule has 1 atom stereocenters. The van der Waals surface area contributed by atoms with Crippen molar-refractivity contribution in [2.75, 3.05) is 0 Å². The smallest absolute Gasteiger partial charge is 0.459 e. The van der Waals surface area contributed by atoms with Crippen molar-refractivity contribution in [3.05, 3.63) is 12.1 Å². The molecule has 1 heterocycles. The van der Waals surface area contributed by atoms with Gasteiger partial charge in [0.25, 0.3) is 0 Å². The monoisotopic (exact) mass is 240 g/mol. The van der Waals surface area contributed by atoms with Gasteiger partial charge in [-0.05, 0) is 34.6 Å². The van der Waals surface area contributed by atoms with Gasteiger partial charge in [-0.15, -0.1) is 0 Å². The van der Waals surface area contributed by atoms with Gasteiger partial charge in [-0.25, -0.2) is 0 Å². The zero-order valence-corrected chi connectivity index (χ0v) is 11.4. The molecule has 1 rings (SSSR count). The van der Waals surface area contributed by atoms with Crippen LogP contribution in [-0.4, -0.2) is 30.4 Å². The molecule has 0 bridgehead atoms. The summed E-state index contributed by atoms with van der Waals surface area (Å²) in [5.41, 5.74) is -0.681. The van der Waals surface area contributed by atoms with Crippen LogP contribution in [0.2, 0.25) is 0 Å². The normalized spacial score (nSPS) is 24.0. The summed E-state index contributed by atoms with van der Waals surface area (Å²) >= 11 is 0. The lowest BCUT2D eigenvalue weighted by atomic mass is 9.89. The molecule has 1 unspecified atom stereocenters. The van der Waals surface area contributed by atoms with E-state index >= 15 is 0 Å². The molecule has 1 saturated heterocycles. The molecule has 0 aromatic heterocycles. The van der Waals surface area contributed by atoms with Crippen molar-refractivity contribution >= 4 is 13.1 Å². The van der Waals surface area contributed by atoms with Gasteiger partial charge in [0.05, 0.1) is 11.2 Å². The van der Waals surface area contributed by atoms with Crippen LogP contribution in [-0.2, 0) is 18.8 Å². The third-order valence-corrected chi connectivity index (χ3v) is 3.16. The average molecular weight is 240 g/mol. The Balaban J connectivity index is 2.56. The van der Waals surface area contributed by atoms with Crippen LogP contribution in [0.4, 0.5) is 0 Å². The van der Waals surface area contributed by atoms with Gasteiger partial charge in [0.1, 0.15) is 6.10 Å². The fourth-order valence-electron chi connectivity index (χ4n) is 1.52.